The molecule has 0 unspecified atom stereocenters. The number of rotatable bonds is 0. The Hall–Kier alpha value is -0.120. The molecule has 5 bridgehead atoms. The predicted octanol–water partition coefficient (Wildman–Crippen LogP) is 3.74. The smallest absolute Gasteiger partial charge is 0.180 e. The Labute approximate surface area is 132 Å². The average molecular weight is 304 g/mol. The third kappa shape index (κ3) is 1.14. The molecule has 22 heavy (non-hydrogen) atoms. The van der Waals surface area contributed by atoms with Crippen LogP contribution in [0.1, 0.15) is 77.0 Å². The SMILES string of the molecule is O[C@@]12O[C@@]34CCCC[C@H]3C[C@]13CC[C@@H]2C[C@H]1CCCC[C@]13O4. The lowest BCUT2D eigenvalue weighted by Crippen LogP contribution is -2.82. The van der Waals surface area contributed by atoms with Gasteiger partial charge in [-0.15, -0.1) is 0 Å². The first-order valence-corrected chi connectivity index (χ1v) is 9.77. The third-order valence-corrected chi connectivity index (χ3v) is 8.78. The van der Waals surface area contributed by atoms with E-state index in [4.69, 9.17) is 9.47 Å². The van der Waals surface area contributed by atoms with E-state index in [9.17, 15) is 5.11 Å². The molecule has 0 amide bonds. The van der Waals surface area contributed by atoms with Crippen LogP contribution < -0.4 is 0 Å². The Bertz CT molecular complexity index is 535. The molecule has 7 fully saturated rings. The van der Waals surface area contributed by atoms with Gasteiger partial charge < -0.3 is 14.6 Å². The highest BCUT2D eigenvalue weighted by atomic mass is 16.8. The molecular formula is C19H28O3. The molecule has 7 aliphatic rings. The van der Waals surface area contributed by atoms with Gasteiger partial charge in [-0.3, -0.25) is 0 Å². The molecule has 3 nitrogen and oxygen atoms in total. The fraction of sp³-hybridized carbons (Fsp3) is 1.00. The molecule has 3 heteroatoms. The Morgan fingerprint density at radius 2 is 1.59 bits per heavy atom. The second-order valence-electron chi connectivity index (χ2n) is 9.24. The minimum absolute atomic E-state index is 0.0565. The monoisotopic (exact) mass is 304 g/mol. The fourth-order valence-corrected chi connectivity index (χ4v) is 8.04. The van der Waals surface area contributed by atoms with Crippen molar-refractivity contribution in [1.82, 2.24) is 0 Å². The minimum atomic E-state index is -0.868. The third-order valence-electron chi connectivity index (χ3n) is 8.78. The molecule has 0 aromatic rings. The van der Waals surface area contributed by atoms with Gasteiger partial charge in [-0.1, -0.05) is 19.3 Å². The fourth-order valence-electron chi connectivity index (χ4n) is 8.04. The van der Waals surface area contributed by atoms with Crippen molar-refractivity contribution in [2.24, 2.45) is 23.2 Å². The molecule has 0 aromatic heterocycles. The van der Waals surface area contributed by atoms with Crippen LogP contribution in [-0.2, 0) is 9.47 Å². The standard InChI is InChI=1S/C19H28O3/c20-19-14-7-10-16(19)12-15-6-2-4-9-18(15,22-19)21-17(16)8-3-1-5-13(17)11-14/h13-15,20H,1-12H2/t13-,14-,15+,16+,17+,18+,19+/m1/s1. The highest BCUT2D eigenvalue weighted by Gasteiger charge is 2.84. The zero-order chi connectivity index (χ0) is 14.6. The van der Waals surface area contributed by atoms with Gasteiger partial charge in [0.05, 0.1) is 11.0 Å². The van der Waals surface area contributed by atoms with E-state index in [1.165, 1.54) is 51.4 Å². The number of hydrogen-bond acceptors (Lipinski definition) is 3. The summed E-state index contributed by atoms with van der Waals surface area (Å²) in [5.41, 5.74) is -0.142. The number of ether oxygens (including phenoxy) is 2. The Morgan fingerprint density at radius 1 is 0.773 bits per heavy atom. The molecule has 1 N–H and O–H groups in total. The summed E-state index contributed by atoms with van der Waals surface area (Å²) in [5.74, 6) is 0.275. The lowest BCUT2D eigenvalue weighted by atomic mass is 9.46. The van der Waals surface area contributed by atoms with Crippen LogP contribution in [0.4, 0.5) is 0 Å². The van der Waals surface area contributed by atoms with E-state index >= 15 is 0 Å². The second kappa shape index (κ2) is 3.75. The van der Waals surface area contributed by atoms with Gasteiger partial charge in [0.2, 0.25) is 0 Å². The van der Waals surface area contributed by atoms with Crippen molar-refractivity contribution in [2.45, 2.75) is 94.2 Å². The first-order chi connectivity index (χ1) is 10.6. The molecule has 3 spiro atoms. The van der Waals surface area contributed by atoms with E-state index in [-0.39, 0.29) is 11.0 Å². The maximum Gasteiger partial charge on any atom is 0.180 e. The van der Waals surface area contributed by atoms with Crippen molar-refractivity contribution in [3.63, 3.8) is 0 Å². The predicted molar refractivity (Wildman–Crippen MR) is 80.9 cm³/mol. The van der Waals surface area contributed by atoms with Gasteiger partial charge in [0.25, 0.3) is 0 Å². The quantitative estimate of drug-likeness (QED) is 0.741. The summed E-state index contributed by atoms with van der Waals surface area (Å²) in [5, 5.41) is 11.7. The Morgan fingerprint density at radius 3 is 2.50 bits per heavy atom. The molecule has 3 heterocycles. The van der Waals surface area contributed by atoms with E-state index in [0.29, 0.717) is 17.8 Å². The highest BCUT2D eigenvalue weighted by molar-refractivity contribution is 5.27. The second-order valence-corrected chi connectivity index (χ2v) is 9.24. The van der Waals surface area contributed by atoms with Gasteiger partial charge in [-0.2, -0.15) is 0 Å². The van der Waals surface area contributed by atoms with Crippen LogP contribution >= 0.6 is 0 Å². The molecule has 122 valence electrons. The van der Waals surface area contributed by atoms with Crippen molar-refractivity contribution >= 4 is 0 Å². The molecule has 3 saturated heterocycles. The zero-order valence-electron chi connectivity index (χ0n) is 13.5. The van der Waals surface area contributed by atoms with Crippen LogP contribution in [0.15, 0.2) is 0 Å². The van der Waals surface area contributed by atoms with Crippen LogP contribution in [0.3, 0.4) is 0 Å². The molecular weight excluding hydrogens is 276 g/mol. The summed E-state index contributed by atoms with van der Waals surface area (Å²) in [6, 6.07) is 0. The summed E-state index contributed by atoms with van der Waals surface area (Å²) in [6.45, 7) is 0. The first-order valence-electron chi connectivity index (χ1n) is 9.77. The highest BCUT2D eigenvalue weighted by Crippen LogP contribution is 2.78. The lowest BCUT2D eigenvalue weighted by Gasteiger charge is -2.75. The zero-order valence-corrected chi connectivity index (χ0v) is 13.5. The molecule has 0 aromatic carbocycles. The molecule has 4 aliphatic carbocycles. The summed E-state index contributed by atoms with van der Waals surface area (Å²) < 4.78 is 13.6. The number of hydrogen-bond donors (Lipinski definition) is 1. The van der Waals surface area contributed by atoms with Crippen molar-refractivity contribution in [3.8, 4) is 0 Å². The van der Waals surface area contributed by atoms with Crippen LogP contribution in [-0.4, -0.2) is 22.3 Å². The Balaban J connectivity index is 1.58. The molecule has 7 atom stereocenters. The van der Waals surface area contributed by atoms with Crippen LogP contribution in [0.25, 0.3) is 0 Å². The van der Waals surface area contributed by atoms with Gasteiger partial charge in [-0.05, 0) is 57.3 Å². The van der Waals surface area contributed by atoms with Crippen LogP contribution in [0.2, 0.25) is 0 Å². The van der Waals surface area contributed by atoms with Gasteiger partial charge in [0.1, 0.15) is 0 Å². The van der Waals surface area contributed by atoms with Gasteiger partial charge in [0, 0.05) is 18.3 Å². The van der Waals surface area contributed by atoms with E-state index < -0.39 is 11.6 Å². The summed E-state index contributed by atoms with van der Waals surface area (Å²) >= 11 is 0. The topological polar surface area (TPSA) is 38.7 Å². The normalized spacial score (nSPS) is 65.0. The molecule has 0 radical (unpaired) electrons. The number of aliphatic hydroxyl groups is 1. The maximum atomic E-state index is 11.7. The van der Waals surface area contributed by atoms with Crippen LogP contribution in [0, 0.1) is 23.2 Å². The molecule has 7 rings (SSSR count). The summed E-state index contributed by atoms with van der Waals surface area (Å²) in [6.07, 6.45) is 14.5. The van der Waals surface area contributed by atoms with E-state index in [0.717, 1.165) is 25.7 Å². The lowest BCUT2D eigenvalue weighted by molar-refractivity contribution is -0.548. The van der Waals surface area contributed by atoms with Crippen molar-refractivity contribution in [1.29, 1.82) is 0 Å². The maximum absolute atomic E-state index is 11.7. The van der Waals surface area contributed by atoms with E-state index in [1.54, 1.807) is 0 Å². The molecule has 3 aliphatic heterocycles. The first kappa shape index (κ1) is 13.2. The van der Waals surface area contributed by atoms with E-state index in [2.05, 4.69) is 0 Å². The average Bonchev–Trinajstić information content (AvgIpc) is 2.70. The van der Waals surface area contributed by atoms with Crippen molar-refractivity contribution in [3.05, 3.63) is 0 Å². The summed E-state index contributed by atoms with van der Waals surface area (Å²) in [4.78, 5) is 0. The van der Waals surface area contributed by atoms with E-state index in [1.807, 2.05) is 0 Å². The Kier molecular flexibility index (Phi) is 2.25. The van der Waals surface area contributed by atoms with Crippen molar-refractivity contribution in [2.75, 3.05) is 0 Å². The van der Waals surface area contributed by atoms with Gasteiger partial charge in [-0.25, -0.2) is 0 Å². The largest absolute Gasteiger partial charge is 0.365 e. The summed E-state index contributed by atoms with van der Waals surface area (Å²) in [7, 11) is 0. The van der Waals surface area contributed by atoms with Crippen molar-refractivity contribution < 1.29 is 14.6 Å². The minimum Gasteiger partial charge on any atom is -0.365 e. The van der Waals surface area contributed by atoms with Gasteiger partial charge >= 0.3 is 0 Å². The van der Waals surface area contributed by atoms with Gasteiger partial charge in [0.15, 0.2) is 11.6 Å². The van der Waals surface area contributed by atoms with Crippen LogP contribution in [0.5, 0.6) is 0 Å². The molecule has 4 saturated carbocycles.